The first kappa shape index (κ1) is 16.3. The van der Waals surface area contributed by atoms with Crippen LogP contribution in [0.15, 0.2) is 18.2 Å². The van der Waals surface area contributed by atoms with Crippen LogP contribution < -0.4 is 0 Å². The van der Waals surface area contributed by atoms with E-state index in [0.29, 0.717) is 35.9 Å². The second-order valence-electron chi connectivity index (χ2n) is 7.74. The van der Waals surface area contributed by atoms with Gasteiger partial charge in [0.15, 0.2) is 0 Å². The number of carbonyl (C=O) groups is 1. The van der Waals surface area contributed by atoms with Gasteiger partial charge >= 0.3 is 0 Å². The van der Waals surface area contributed by atoms with Gasteiger partial charge in [-0.05, 0) is 56.7 Å². The Morgan fingerprint density at radius 1 is 1.21 bits per heavy atom. The van der Waals surface area contributed by atoms with Crippen LogP contribution in [0.5, 0.6) is 0 Å². The fraction of sp³-hybridized carbons (Fsp3) is 0.632. The van der Waals surface area contributed by atoms with Crippen LogP contribution in [0.2, 0.25) is 5.02 Å². The SMILES string of the molecule is O=C1CCC2(CCN(Cc3cccc(Cl)c3F)CC2)CN1C1CC1. The Hall–Kier alpha value is -1.13. The van der Waals surface area contributed by atoms with Gasteiger partial charge in [-0.15, -0.1) is 0 Å². The molecular weight excluding hydrogens is 327 g/mol. The maximum atomic E-state index is 14.1. The van der Waals surface area contributed by atoms with E-state index in [2.05, 4.69) is 9.80 Å². The number of halogens is 2. The van der Waals surface area contributed by atoms with E-state index in [1.165, 1.54) is 12.8 Å². The van der Waals surface area contributed by atoms with Crippen LogP contribution in [0.1, 0.15) is 44.1 Å². The molecule has 0 radical (unpaired) electrons. The molecule has 0 atom stereocenters. The zero-order valence-electron chi connectivity index (χ0n) is 13.9. The monoisotopic (exact) mass is 350 g/mol. The summed E-state index contributed by atoms with van der Waals surface area (Å²) in [6.07, 6.45) is 6.30. The van der Waals surface area contributed by atoms with Crippen LogP contribution in [-0.4, -0.2) is 41.4 Å². The molecule has 0 unspecified atom stereocenters. The van der Waals surface area contributed by atoms with Crippen molar-refractivity contribution in [1.29, 1.82) is 0 Å². The molecule has 130 valence electrons. The van der Waals surface area contributed by atoms with Gasteiger partial charge in [0.25, 0.3) is 0 Å². The maximum Gasteiger partial charge on any atom is 0.222 e. The number of amides is 1. The van der Waals surface area contributed by atoms with Crippen LogP contribution in [0.4, 0.5) is 4.39 Å². The van der Waals surface area contributed by atoms with Crippen molar-refractivity contribution < 1.29 is 9.18 Å². The third-order valence-electron chi connectivity index (χ3n) is 6.03. The van der Waals surface area contributed by atoms with Crippen molar-refractivity contribution in [2.45, 2.75) is 51.1 Å². The first-order chi connectivity index (χ1) is 11.6. The van der Waals surface area contributed by atoms with E-state index in [0.717, 1.165) is 38.9 Å². The van der Waals surface area contributed by atoms with Gasteiger partial charge in [-0.3, -0.25) is 9.69 Å². The van der Waals surface area contributed by atoms with Gasteiger partial charge in [0.05, 0.1) is 5.02 Å². The Morgan fingerprint density at radius 3 is 2.67 bits per heavy atom. The summed E-state index contributed by atoms with van der Waals surface area (Å²) >= 11 is 5.88. The van der Waals surface area contributed by atoms with E-state index in [1.807, 2.05) is 12.1 Å². The van der Waals surface area contributed by atoms with Crippen LogP contribution >= 0.6 is 11.6 Å². The molecule has 1 saturated carbocycles. The van der Waals surface area contributed by atoms with Gasteiger partial charge in [-0.2, -0.15) is 0 Å². The first-order valence-corrected chi connectivity index (χ1v) is 9.39. The molecule has 1 aliphatic carbocycles. The van der Waals surface area contributed by atoms with Gasteiger partial charge in [-0.1, -0.05) is 23.7 Å². The van der Waals surface area contributed by atoms with E-state index in [-0.39, 0.29) is 10.8 Å². The number of likely N-dealkylation sites (tertiary alicyclic amines) is 2. The van der Waals surface area contributed by atoms with E-state index in [9.17, 15) is 9.18 Å². The first-order valence-electron chi connectivity index (χ1n) is 9.01. The number of rotatable bonds is 3. The molecule has 3 fully saturated rings. The molecule has 2 saturated heterocycles. The lowest BCUT2D eigenvalue weighted by atomic mass is 9.72. The summed E-state index contributed by atoms with van der Waals surface area (Å²) in [7, 11) is 0. The molecule has 5 heteroatoms. The Labute approximate surface area is 147 Å². The predicted octanol–water partition coefficient (Wildman–Crippen LogP) is 3.85. The highest BCUT2D eigenvalue weighted by Crippen LogP contribution is 2.43. The highest BCUT2D eigenvalue weighted by atomic mass is 35.5. The minimum atomic E-state index is -0.289. The topological polar surface area (TPSA) is 23.6 Å². The summed E-state index contributed by atoms with van der Waals surface area (Å²) in [6.45, 7) is 3.50. The van der Waals surface area contributed by atoms with Gasteiger partial charge in [-0.25, -0.2) is 4.39 Å². The van der Waals surface area contributed by atoms with E-state index < -0.39 is 0 Å². The van der Waals surface area contributed by atoms with Crippen LogP contribution in [0, 0.1) is 11.2 Å². The fourth-order valence-electron chi connectivity index (χ4n) is 4.27. The summed E-state index contributed by atoms with van der Waals surface area (Å²) in [5.41, 5.74) is 0.969. The quantitative estimate of drug-likeness (QED) is 0.826. The second kappa shape index (κ2) is 6.30. The van der Waals surface area contributed by atoms with Crippen molar-refractivity contribution in [2.24, 2.45) is 5.41 Å². The van der Waals surface area contributed by atoms with Gasteiger partial charge < -0.3 is 4.90 Å². The molecule has 0 N–H and O–H groups in total. The highest BCUT2D eigenvalue weighted by molar-refractivity contribution is 6.30. The molecule has 1 aromatic carbocycles. The van der Waals surface area contributed by atoms with Crippen molar-refractivity contribution in [3.05, 3.63) is 34.6 Å². The molecule has 1 aromatic rings. The minimum absolute atomic E-state index is 0.201. The summed E-state index contributed by atoms with van der Waals surface area (Å²) in [5.74, 6) is 0.0641. The average Bonchev–Trinajstić information content (AvgIpc) is 3.41. The van der Waals surface area contributed by atoms with Crippen LogP contribution in [-0.2, 0) is 11.3 Å². The van der Waals surface area contributed by atoms with E-state index >= 15 is 0 Å². The largest absolute Gasteiger partial charge is 0.339 e. The molecule has 1 spiro atoms. The number of piperidine rings is 2. The summed E-state index contributed by atoms with van der Waals surface area (Å²) in [5, 5.41) is 0.201. The molecule has 3 nitrogen and oxygen atoms in total. The summed E-state index contributed by atoms with van der Waals surface area (Å²) < 4.78 is 14.1. The molecule has 3 aliphatic rings. The van der Waals surface area contributed by atoms with Gasteiger partial charge in [0.1, 0.15) is 5.82 Å². The number of hydrogen-bond acceptors (Lipinski definition) is 2. The maximum absolute atomic E-state index is 14.1. The fourth-order valence-corrected chi connectivity index (χ4v) is 4.46. The van der Waals surface area contributed by atoms with Crippen molar-refractivity contribution >= 4 is 17.5 Å². The molecule has 24 heavy (non-hydrogen) atoms. The van der Waals surface area contributed by atoms with Crippen molar-refractivity contribution in [3.63, 3.8) is 0 Å². The van der Waals surface area contributed by atoms with E-state index in [4.69, 9.17) is 11.6 Å². The zero-order chi connectivity index (χ0) is 16.7. The van der Waals surface area contributed by atoms with Crippen LogP contribution in [0.3, 0.4) is 0 Å². The Kier molecular flexibility index (Phi) is 4.29. The zero-order valence-corrected chi connectivity index (χ0v) is 14.7. The number of nitrogens with zero attached hydrogens (tertiary/aromatic N) is 2. The lowest BCUT2D eigenvalue weighted by molar-refractivity contribution is -0.139. The molecular formula is C19H24ClFN2O. The van der Waals surface area contributed by atoms with Crippen molar-refractivity contribution in [3.8, 4) is 0 Å². The summed E-state index contributed by atoms with van der Waals surface area (Å²) in [6, 6.07) is 5.75. The summed E-state index contributed by atoms with van der Waals surface area (Å²) in [4.78, 5) is 16.6. The Morgan fingerprint density at radius 2 is 1.96 bits per heavy atom. The van der Waals surface area contributed by atoms with E-state index in [1.54, 1.807) is 6.07 Å². The van der Waals surface area contributed by atoms with Crippen LogP contribution in [0.25, 0.3) is 0 Å². The second-order valence-corrected chi connectivity index (χ2v) is 8.15. The molecule has 4 rings (SSSR count). The Bertz CT molecular complexity index is 638. The average molecular weight is 351 g/mol. The van der Waals surface area contributed by atoms with Crippen molar-refractivity contribution in [1.82, 2.24) is 9.80 Å². The highest BCUT2D eigenvalue weighted by Gasteiger charge is 2.45. The molecule has 0 bridgehead atoms. The smallest absolute Gasteiger partial charge is 0.222 e. The lowest BCUT2D eigenvalue weighted by Crippen LogP contribution is -2.52. The molecule has 2 heterocycles. The normalized spacial score (nSPS) is 24.6. The minimum Gasteiger partial charge on any atom is -0.339 e. The third kappa shape index (κ3) is 3.18. The molecule has 2 aliphatic heterocycles. The number of hydrogen-bond donors (Lipinski definition) is 0. The predicted molar refractivity (Wildman–Crippen MR) is 92.3 cm³/mol. The van der Waals surface area contributed by atoms with Gasteiger partial charge in [0, 0.05) is 31.1 Å². The van der Waals surface area contributed by atoms with Gasteiger partial charge in [0.2, 0.25) is 5.91 Å². The number of benzene rings is 1. The standard InChI is InChI=1S/C19H24ClFN2O/c20-16-3-1-2-14(18(16)21)12-22-10-8-19(9-11-22)7-6-17(24)23(13-19)15-4-5-15/h1-3,15H,4-13H2. The lowest BCUT2D eigenvalue weighted by Gasteiger charge is -2.47. The Balaban J connectivity index is 1.38. The number of carbonyl (C=O) groups excluding carboxylic acids is 1. The molecule has 0 aromatic heterocycles. The third-order valence-corrected chi connectivity index (χ3v) is 6.32. The molecule has 1 amide bonds. The van der Waals surface area contributed by atoms with Crippen molar-refractivity contribution in [2.75, 3.05) is 19.6 Å².